The minimum Gasteiger partial charge on any atom is -0.309 e. The number of hydrogen-bond donors (Lipinski definition) is 2. The quantitative estimate of drug-likeness (QED) is 0.638. The summed E-state index contributed by atoms with van der Waals surface area (Å²) in [7, 11) is -3.37. The van der Waals surface area contributed by atoms with E-state index in [0.717, 1.165) is 29.3 Å². The van der Waals surface area contributed by atoms with Gasteiger partial charge < -0.3 is 5.32 Å². The number of thioether (sulfide) groups is 1. The lowest BCUT2D eigenvalue weighted by atomic mass is 10.3. The molecule has 21 heavy (non-hydrogen) atoms. The van der Waals surface area contributed by atoms with Gasteiger partial charge in [-0.05, 0) is 49.8 Å². The summed E-state index contributed by atoms with van der Waals surface area (Å²) in [6.07, 6.45) is 3.34. The average Bonchev–Trinajstić information content (AvgIpc) is 3.12. The van der Waals surface area contributed by atoms with Crippen LogP contribution in [0.25, 0.3) is 0 Å². The Balaban J connectivity index is 1.85. The van der Waals surface area contributed by atoms with Crippen molar-refractivity contribution in [2.45, 2.75) is 55.9 Å². The van der Waals surface area contributed by atoms with Crippen LogP contribution in [0.5, 0.6) is 0 Å². The van der Waals surface area contributed by atoms with Crippen molar-refractivity contribution in [3.63, 3.8) is 0 Å². The summed E-state index contributed by atoms with van der Waals surface area (Å²) in [5.41, 5.74) is 0. The third-order valence-electron chi connectivity index (χ3n) is 3.30. The van der Waals surface area contributed by atoms with E-state index in [-0.39, 0.29) is 6.04 Å². The highest BCUT2D eigenvalue weighted by atomic mass is 32.2. The fourth-order valence-corrected chi connectivity index (χ4v) is 5.33. The monoisotopic (exact) mass is 348 g/mol. The maximum atomic E-state index is 12.3. The smallest absolute Gasteiger partial charge is 0.250 e. The third kappa shape index (κ3) is 5.90. The van der Waals surface area contributed by atoms with Crippen LogP contribution in [0.1, 0.15) is 38.0 Å². The molecule has 1 unspecified atom stereocenters. The van der Waals surface area contributed by atoms with Crippen LogP contribution in [0.3, 0.4) is 0 Å². The zero-order valence-electron chi connectivity index (χ0n) is 12.6. The number of rotatable bonds is 10. The minimum atomic E-state index is -3.37. The Kier molecular flexibility index (Phi) is 6.55. The molecule has 120 valence electrons. The molecule has 1 aliphatic carbocycles. The number of hydrogen-bond acceptors (Lipinski definition) is 5. The predicted molar refractivity (Wildman–Crippen MR) is 91.6 cm³/mol. The van der Waals surface area contributed by atoms with E-state index in [9.17, 15) is 8.42 Å². The summed E-state index contributed by atoms with van der Waals surface area (Å²) in [4.78, 5) is 1.08. The van der Waals surface area contributed by atoms with E-state index in [0.29, 0.717) is 10.3 Å². The minimum absolute atomic E-state index is 0.0239. The normalized spacial score (nSPS) is 17.0. The van der Waals surface area contributed by atoms with Crippen molar-refractivity contribution in [1.82, 2.24) is 10.0 Å². The van der Waals surface area contributed by atoms with Crippen LogP contribution in [-0.2, 0) is 16.6 Å². The summed E-state index contributed by atoms with van der Waals surface area (Å²) in [5, 5.41) is 3.41. The highest BCUT2D eigenvalue weighted by Crippen LogP contribution is 2.24. The Labute approximate surface area is 136 Å². The SMILES string of the molecule is CCSCCC(C)NS(=O)(=O)c1ccc(CNC2CC2)s1. The molecule has 1 aromatic rings. The van der Waals surface area contributed by atoms with Crippen molar-refractivity contribution in [2.24, 2.45) is 0 Å². The van der Waals surface area contributed by atoms with Gasteiger partial charge in [0.25, 0.3) is 0 Å². The van der Waals surface area contributed by atoms with E-state index >= 15 is 0 Å². The van der Waals surface area contributed by atoms with Gasteiger partial charge in [-0.2, -0.15) is 11.8 Å². The van der Waals surface area contributed by atoms with Gasteiger partial charge in [-0.1, -0.05) is 6.92 Å². The standard InChI is InChI=1S/C14H24N2O2S3/c1-3-19-9-8-11(2)16-21(17,18)14-7-6-13(20-14)10-15-12-4-5-12/h6-7,11-12,15-16H,3-5,8-10H2,1-2H3. The topological polar surface area (TPSA) is 58.2 Å². The molecule has 0 amide bonds. The summed E-state index contributed by atoms with van der Waals surface area (Å²) in [6, 6.07) is 4.24. The summed E-state index contributed by atoms with van der Waals surface area (Å²) in [6.45, 7) is 4.81. The molecule has 1 atom stereocenters. The largest absolute Gasteiger partial charge is 0.309 e. The molecule has 1 aromatic heterocycles. The lowest BCUT2D eigenvalue weighted by Gasteiger charge is -2.12. The average molecular weight is 349 g/mol. The molecule has 7 heteroatoms. The fraction of sp³-hybridized carbons (Fsp3) is 0.714. The molecule has 2 rings (SSSR count). The van der Waals surface area contributed by atoms with E-state index in [2.05, 4.69) is 17.0 Å². The van der Waals surface area contributed by atoms with Gasteiger partial charge in [0.2, 0.25) is 10.0 Å². The Bertz CT molecular complexity index is 538. The van der Waals surface area contributed by atoms with Gasteiger partial charge in [0.05, 0.1) is 0 Å². The molecule has 2 N–H and O–H groups in total. The van der Waals surface area contributed by atoms with Crippen molar-refractivity contribution in [1.29, 1.82) is 0 Å². The number of sulfonamides is 1. The van der Waals surface area contributed by atoms with E-state index in [4.69, 9.17) is 0 Å². The van der Waals surface area contributed by atoms with Crippen LogP contribution in [0.4, 0.5) is 0 Å². The molecule has 4 nitrogen and oxygen atoms in total. The van der Waals surface area contributed by atoms with Crippen LogP contribution < -0.4 is 10.0 Å². The van der Waals surface area contributed by atoms with Crippen LogP contribution in [0.15, 0.2) is 16.3 Å². The van der Waals surface area contributed by atoms with Crippen molar-refractivity contribution in [3.8, 4) is 0 Å². The van der Waals surface area contributed by atoms with Gasteiger partial charge in [0.15, 0.2) is 0 Å². The van der Waals surface area contributed by atoms with Gasteiger partial charge in [-0.3, -0.25) is 0 Å². The summed E-state index contributed by atoms with van der Waals surface area (Å²) >= 11 is 3.20. The zero-order valence-corrected chi connectivity index (χ0v) is 15.0. The summed E-state index contributed by atoms with van der Waals surface area (Å²) in [5.74, 6) is 2.06. The van der Waals surface area contributed by atoms with Gasteiger partial charge in [0, 0.05) is 23.5 Å². The first-order chi connectivity index (χ1) is 10.0. The molecule has 1 aliphatic rings. The first-order valence-corrected chi connectivity index (χ1v) is 10.9. The molecule has 1 fully saturated rings. The molecule has 0 aliphatic heterocycles. The first kappa shape index (κ1) is 17.3. The van der Waals surface area contributed by atoms with E-state index in [1.165, 1.54) is 24.2 Å². The number of thiophene rings is 1. The van der Waals surface area contributed by atoms with E-state index in [1.54, 1.807) is 6.07 Å². The predicted octanol–water partition coefficient (Wildman–Crippen LogP) is 2.81. The van der Waals surface area contributed by atoms with Crippen LogP contribution in [0, 0.1) is 0 Å². The molecule has 1 heterocycles. The second-order valence-electron chi connectivity index (χ2n) is 5.38. The van der Waals surface area contributed by atoms with Crippen molar-refractivity contribution < 1.29 is 8.42 Å². The molecule has 1 saturated carbocycles. The van der Waals surface area contributed by atoms with Gasteiger partial charge in [0.1, 0.15) is 4.21 Å². The third-order valence-corrected chi connectivity index (χ3v) is 7.40. The molecule has 0 saturated heterocycles. The van der Waals surface area contributed by atoms with Gasteiger partial charge in [-0.25, -0.2) is 13.1 Å². The van der Waals surface area contributed by atoms with Crippen molar-refractivity contribution in [2.75, 3.05) is 11.5 Å². The first-order valence-electron chi connectivity index (χ1n) is 7.43. The fourth-order valence-electron chi connectivity index (χ4n) is 1.92. The lowest BCUT2D eigenvalue weighted by Crippen LogP contribution is -2.32. The molecule has 0 radical (unpaired) electrons. The Morgan fingerprint density at radius 2 is 2.19 bits per heavy atom. The molecule has 0 aromatic carbocycles. The second kappa shape index (κ2) is 7.97. The van der Waals surface area contributed by atoms with Crippen LogP contribution in [-0.4, -0.2) is 32.0 Å². The van der Waals surface area contributed by atoms with Gasteiger partial charge in [-0.15, -0.1) is 11.3 Å². The van der Waals surface area contributed by atoms with Crippen molar-refractivity contribution >= 4 is 33.1 Å². The summed E-state index contributed by atoms with van der Waals surface area (Å²) < 4.78 is 27.8. The van der Waals surface area contributed by atoms with E-state index < -0.39 is 10.0 Å². The maximum Gasteiger partial charge on any atom is 0.250 e. The maximum absolute atomic E-state index is 12.3. The molecular weight excluding hydrogens is 324 g/mol. The second-order valence-corrected chi connectivity index (χ2v) is 9.89. The van der Waals surface area contributed by atoms with Gasteiger partial charge >= 0.3 is 0 Å². The molecular formula is C14H24N2O2S3. The zero-order chi connectivity index (χ0) is 15.3. The molecule has 0 bridgehead atoms. The Morgan fingerprint density at radius 1 is 1.43 bits per heavy atom. The Hall–Kier alpha value is -0.0800. The highest BCUT2D eigenvalue weighted by Gasteiger charge is 2.22. The number of nitrogens with one attached hydrogen (secondary N) is 2. The van der Waals surface area contributed by atoms with Crippen LogP contribution >= 0.6 is 23.1 Å². The highest BCUT2D eigenvalue weighted by molar-refractivity contribution is 7.99. The molecule has 0 spiro atoms. The van der Waals surface area contributed by atoms with Crippen molar-refractivity contribution in [3.05, 3.63) is 17.0 Å². The Morgan fingerprint density at radius 3 is 2.86 bits per heavy atom. The van der Waals surface area contributed by atoms with Crippen LogP contribution in [0.2, 0.25) is 0 Å². The van der Waals surface area contributed by atoms with E-state index in [1.807, 2.05) is 24.8 Å². The lowest BCUT2D eigenvalue weighted by molar-refractivity contribution is 0.559.